The molecule has 0 saturated heterocycles. The molecule has 9 heavy (non-hydrogen) atoms. The lowest BCUT2D eigenvalue weighted by Gasteiger charge is -1.98. The second-order valence-corrected chi connectivity index (χ2v) is 1.76. The van der Waals surface area contributed by atoms with Crippen LogP contribution in [0.4, 0.5) is 13.2 Å². The van der Waals surface area contributed by atoms with Gasteiger partial charge < -0.3 is 5.73 Å². The van der Waals surface area contributed by atoms with Gasteiger partial charge in [0, 0.05) is 12.1 Å². The molecule has 0 rings (SSSR count). The quantitative estimate of drug-likeness (QED) is 0.546. The standard InChI is InChI=1S/C5H8F3N/c1-4(9)2-3-5(6,7)8/h2-4H,9H2,1H3/b3-2+. The van der Waals surface area contributed by atoms with Gasteiger partial charge in [-0.1, -0.05) is 6.08 Å². The summed E-state index contributed by atoms with van der Waals surface area (Å²) >= 11 is 0. The summed E-state index contributed by atoms with van der Waals surface area (Å²) in [5.41, 5.74) is 5.01. The van der Waals surface area contributed by atoms with Crippen molar-refractivity contribution < 1.29 is 13.2 Å². The van der Waals surface area contributed by atoms with E-state index in [0.29, 0.717) is 0 Å². The summed E-state index contributed by atoms with van der Waals surface area (Å²) in [6.07, 6.45) is -3.19. The highest BCUT2D eigenvalue weighted by atomic mass is 19.4. The molecule has 0 radical (unpaired) electrons. The summed E-state index contributed by atoms with van der Waals surface area (Å²) < 4.78 is 33.8. The summed E-state index contributed by atoms with van der Waals surface area (Å²) in [4.78, 5) is 0. The maximum absolute atomic E-state index is 11.3. The van der Waals surface area contributed by atoms with Gasteiger partial charge in [0.15, 0.2) is 0 Å². The molecule has 0 bridgehead atoms. The molecule has 0 fully saturated rings. The average molecular weight is 139 g/mol. The predicted octanol–water partition coefficient (Wildman–Crippen LogP) is 1.45. The summed E-state index contributed by atoms with van der Waals surface area (Å²) in [7, 11) is 0. The Bertz CT molecular complexity index is 103. The van der Waals surface area contributed by atoms with Crippen LogP contribution in [-0.2, 0) is 0 Å². The van der Waals surface area contributed by atoms with Crippen LogP contribution in [0, 0.1) is 0 Å². The molecule has 0 spiro atoms. The van der Waals surface area contributed by atoms with Crippen LogP contribution in [0.2, 0.25) is 0 Å². The molecule has 4 heteroatoms. The predicted molar refractivity (Wildman–Crippen MR) is 28.8 cm³/mol. The van der Waals surface area contributed by atoms with Crippen molar-refractivity contribution in [2.24, 2.45) is 5.73 Å². The lowest BCUT2D eigenvalue weighted by Crippen LogP contribution is -2.12. The third-order valence-electron chi connectivity index (χ3n) is 0.589. The van der Waals surface area contributed by atoms with Crippen LogP contribution >= 0.6 is 0 Å². The molecule has 54 valence electrons. The molecule has 0 aliphatic heterocycles. The van der Waals surface area contributed by atoms with Crippen LogP contribution in [0.3, 0.4) is 0 Å². The van der Waals surface area contributed by atoms with Crippen LogP contribution in [-0.4, -0.2) is 12.2 Å². The number of allylic oxidation sites excluding steroid dienone is 1. The van der Waals surface area contributed by atoms with E-state index in [9.17, 15) is 13.2 Å². The monoisotopic (exact) mass is 139 g/mol. The second-order valence-electron chi connectivity index (χ2n) is 1.76. The van der Waals surface area contributed by atoms with Crippen LogP contribution in [0.15, 0.2) is 12.2 Å². The minimum absolute atomic E-state index is 0.137. The molecule has 0 aromatic heterocycles. The van der Waals surface area contributed by atoms with Gasteiger partial charge in [0.05, 0.1) is 0 Å². The van der Waals surface area contributed by atoms with E-state index in [4.69, 9.17) is 5.73 Å². The Kier molecular flexibility index (Phi) is 2.70. The highest BCUT2D eigenvalue weighted by molar-refractivity contribution is 4.93. The molecular formula is C5H8F3N. The van der Waals surface area contributed by atoms with Gasteiger partial charge in [0.2, 0.25) is 0 Å². The Hall–Kier alpha value is -0.510. The molecular weight excluding hydrogens is 131 g/mol. The minimum atomic E-state index is -4.23. The molecule has 1 unspecified atom stereocenters. The number of hydrogen-bond donors (Lipinski definition) is 1. The highest BCUT2D eigenvalue weighted by Crippen LogP contribution is 2.15. The number of rotatable bonds is 1. The van der Waals surface area contributed by atoms with Gasteiger partial charge in [-0.05, 0) is 6.92 Å². The Balaban J connectivity index is 3.71. The van der Waals surface area contributed by atoms with Gasteiger partial charge in [-0.2, -0.15) is 13.2 Å². The third-order valence-corrected chi connectivity index (χ3v) is 0.589. The molecule has 0 aliphatic rings. The van der Waals surface area contributed by atoms with Gasteiger partial charge in [-0.3, -0.25) is 0 Å². The van der Waals surface area contributed by atoms with Crippen LogP contribution in [0.25, 0.3) is 0 Å². The topological polar surface area (TPSA) is 26.0 Å². The smallest absolute Gasteiger partial charge is 0.325 e. The van der Waals surface area contributed by atoms with Crippen LogP contribution in [0.5, 0.6) is 0 Å². The van der Waals surface area contributed by atoms with E-state index in [1.165, 1.54) is 6.92 Å². The Labute approximate surface area is 51.3 Å². The lowest BCUT2D eigenvalue weighted by atomic mass is 10.3. The van der Waals surface area contributed by atoms with Crippen molar-refractivity contribution in [1.29, 1.82) is 0 Å². The molecule has 1 nitrogen and oxygen atoms in total. The first-order valence-corrected chi connectivity index (χ1v) is 2.43. The van der Waals surface area contributed by atoms with E-state index in [2.05, 4.69) is 0 Å². The van der Waals surface area contributed by atoms with Crippen LogP contribution < -0.4 is 5.73 Å². The molecule has 0 aromatic rings. The van der Waals surface area contributed by atoms with E-state index in [1.807, 2.05) is 0 Å². The zero-order valence-electron chi connectivity index (χ0n) is 4.94. The highest BCUT2D eigenvalue weighted by Gasteiger charge is 2.21. The fourth-order valence-corrected chi connectivity index (χ4v) is 0.261. The fourth-order valence-electron chi connectivity index (χ4n) is 0.261. The summed E-state index contributed by atoms with van der Waals surface area (Å²) in [5.74, 6) is 0. The van der Waals surface area contributed by atoms with E-state index >= 15 is 0 Å². The Morgan fingerprint density at radius 1 is 1.44 bits per heavy atom. The van der Waals surface area contributed by atoms with Gasteiger partial charge in [-0.15, -0.1) is 0 Å². The first-order valence-electron chi connectivity index (χ1n) is 2.43. The van der Waals surface area contributed by atoms with Crippen molar-refractivity contribution in [3.05, 3.63) is 12.2 Å². The third kappa shape index (κ3) is 7.49. The van der Waals surface area contributed by atoms with E-state index in [0.717, 1.165) is 6.08 Å². The first kappa shape index (κ1) is 8.49. The van der Waals surface area contributed by atoms with Crippen molar-refractivity contribution in [3.8, 4) is 0 Å². The molecule has 0 amide bonds. The molecule has 1 atom stereocenters. The maximum atomic E-state index is 11.3. The molecule has 0 saturated carbocycles. The zero-order chi connectivity index (χ0) is 7.49. The number of nitrogens with two attached hydrogens (primary N) is 1. The van der Waals surface area contributed by atoms with Gasteiger partial charge >= 0.3 is 6.18 Å². The zero-order valence-corrected chi connectivity index (χ0v) is 4.94. The van der Waals surface area contributed by atoms with E-state index in [1.54, 1.807) is 0 Å². The first-order chi connectivity index (χ1) is 3.92. The number of halogens is 3. The normalized spacial score (nSPS) is 16.6. The number of alkyl halides is 3. The summed E-state index contributed by atoms with van der Waals surface area (Å²) in [6.45, 7) is 1.47. The summed E-state index contributed by atoms with van der Waals surface area (Å²) in [5, 5.41) is 0. The average Bonchev–Trinajstić information content (AvgIpc) is 1.59. The molecule has 0 heterocycles. The molecule has 0 aliphatic carbocycles. The van der Waals surface area contributed by atoms with Crippen molar-refractivity contribution in [1.82, 2.24) is 0 Å². The maximum Gasteiger partial charge on any atom is 0.409 e. The van der Waals surface area contributed by atoms with Crippen LogP contribution in [0.1, 0.15) is 6.92 Å². The Morgan fingerprint density at radius 3 is 2.00 bits per heavy atom. The van der Waals surface area contributed by atoms with Crippen molar-refractivity contribution >= 4 is 0 Å². The van der Waals surface area contributed by atoms with Crippen molar-refractivity contribution in [2.75, 3.05) is 0 Å². The largest absolute Gasteiger partial charge is 0.409 e. The molecule has 2 N–H and O–H groups in total. The lowest BCUT2D eigenvalue weighted by molar-refractivity contribution is -0.0800. The minimum Gasteiger partial charge on any atom is -0.325 e. The molecule has 0 aromatic carbocycles. The summed E-state index contributed by atoms with van der Waals surface area (Å²) in [6, 6.07) is -0.536. The van der Waals surface area contributed by atoms with E-state index < -0.39 is 12.2 Å². The van der Waals surface area contributed by atoms with E-state index in [-0.39, 0.29) is 6.08 Å². The number of hydrogen-bond acceptors (Lipinski definition) is 1. The Morgan fingerprint density at radius 2 is 1.89 bits per heavy atom. The van der Waals surface area contributed by atoms with Crippen molar-refractivity contribution in [2.45, 2.75) is 19.1 Å². The second kappa shape index (κ2) is 2.87. The fraction of sp³-hybridized carbons (Fsp3) is 0.600. The van der Waals surface area contributed by atoms with Gasteiger partial charge in [0.25, 0.3) is 0 Å². The van der Waals surface area contributed by atoms with Gasteiger partial charge in [0.1, 0.15) is 0 Å². The SMILES string of the molecule is CC(N)/C=C/C(F)(F)F. The van der Waals surface area contributed by atoms with Crippen molar-refractivity contribution in [3.63, 3.8) is 0 Å². The van der Waals surface area contributed by atoms with Gasteiger partial charge in [-0.25, -0.2) is 0 Å².